The Labute approximate surface area is 144 Å². The van der Waals surface area contributed by atoms with Crippen molar-refractivity contribution in [2.24, 2.45) is 4.99 Å². The summed E-state index contributed by atoms with van der Waals surface area (Å²) in [5.74, 6) is 0.699. The standard InChI is InChI=1S/C19H16N6/c1-11-9-23-18(10-22-11)19-24-16-6-4-13(8-17(16)25-19)12-3-5-15(21-2)14(20)7-12/h3-10H,2,20H2,1H3,(H,24,25). The van der Waals surface area contributed by atoms with Crippen molar-refractivity contribution in [3.05, 3.63) is 54.5 Å². The van der Waals surface area contributed by atoms with E-state index in [2.05, 4.69) is 31.6 Å². The average molecular weight is 328 g/mol. The summed E-state index contributed by atoms with van der Waals surface area (Å²) >= 11 is 0. The summed E-state index contributed by atoms with van der Waals surface area (Å²) in [7, 11) is 0. The summed E-state index contributed by atoms with van der Waals surface area (Å²) in [5.41, 5.74) is 12.7. The first kappa shape index (κ1) is 15.0. The van der Waals surface area contributed by atoms with Crippen LogP contribution in [0.1, 0.15) is 5.69 Å². The second kappa shape index (κ2) is 5.83. The van der Waals surface area contributed by atoms with Gasteiger partial charge >= 0.3 is 0 Å². The summed E-state index contributed by atoms with van der Waals surface area (Å²) in [6.07, 6.45) is 3.45. The van der Waals surface area contributed by atoms with Gasteiger partial charge in [-0.15, -0.1) is 0 Å². The minimum Gasteiger partial charge on any atom is -0.397 e. The fraction of sp³-hybridized carbons (Fsp3) is 0.0526. The smallest absolute Gasteiger partial charge is 0.158 e. The molecular weight excluding hydrogens is 312 g/mol. The summed E-state index contributed by atoms with van der Waals surface area (Å²) in [4.78, 5) is 20.4. The number of aromatic amines is 1. The molecule has 6 nitrogen and oxygen atoms in total. The van der Waals surface area contributed by atoms with E-state index in [1.807, 2.05) is 43.3 Å². The van der Waals surface area contributed by atoms with Crippen LogP contribution in [0.25, 0.3) is 33.7 Å². The van der Waals surface area contributed by atoms with Gasteiger partial charge in [-0.05, 0) is 49.0 Å². The highest BCUT2D eigenvalue weighted by atomic mass is 15.0. The number of imidazole rings is 1. The molecule has 0 fully saturated rings. The van der Waals surface area contributed by atoms with Gasteiger partial charge < -0.3 is 10.7 Å². The number of hydrogen-bond donors (Lipinski definition) is 2. The number of nitrogens with two attached hydrogens (primary N) is 1. The van der Waals surface area contributed by atoms with Crippen molar-refractivity contribution in [3.63, 3.8) is 0 Å². The number of nitrogen functional groups attached to an aromatic ring is 1. The fourth-order valence-electron chi connectivity index (χ4n) is 2.70. The predicted octanol–water partition coefficient (Wildman–Crippen LogP) is 3.91. The highest BCUT2D eigenvalue weighted by Gasteiger charge is 2.09. The van der Waals surface area contributed by atoms with Crippen molar-refractivity contribution < 1.29 is 0 Å². The molecule has 0 unspecified atom stereocenters. The summed E-state index contributed by atoms with van der Waals surface area (Å²) < 4.78 is 0. The topological polar surface area (TPSA) is 92.8 Å². The summed E-state index contributed by atoms with van der Waals surface area (Å²) in [5, 5.41) is 0. The lowest BCUT2D eigenvalue weighted by atomic mass is 10.0. The number of nitrogens with zero attached hydrogens (tertiary/aromatic N) is 4. The van der Waals surface area contributed by atoms with Crippen LogP contribution < -0.4 is 5.73 Å². The number of rotatable bonds is 3. The highest BCUT2D eigenvalue weighted by Crippen LogP contribution is 2.30. The van der Waals surface area contributed by atoms with Crippen LogP contribution in [0.2, 0.25) is 0 Å². The summed E-state index contributed by atoms with van der Waals surface area (Å²) in [6.45, 7) is 5.42. The predicted molar refractivity (Wildman–Crippen MR) is 101 cm³/mol. The molecule has 0 amide bonds. The Hall–Kier alpha value is -3.54. The largest absolute Gasteiger partial charge is 0.397 e. The van der Waals surface area contributed by atoms with E-state index in [1.165, 1.54) is 0 Å². The lowest BCUT2D eigenvalue weighted by Crippen LogP contribution is -1.89. The molecule has 2 aromatic heterocycles. The molecule has 0 aliphatic carbocycles. The molecule has 0 saturated heterocycles. The van der Waals surface area contributed by atoms with E-state index in [0.717, 1.165) is 27.9 Å². The second-order valence-electron chi connectivity index (χ2n) is 5.79. The molecule has 0 aliphatic rings. The van der Waals surface area contributed by atoms with E-state index < -0.39 is 0 Å². The lowest BCUT2D eigenvalue weighted by molar-refractivity contribution is 1.10. The number of fused-ring (bicyclic) bond motifs is 1. The third kappa shape index (κ3) is 2.74. The molecular formula is C19H16N6. The number of hydrogen-bond acceptors (Lipinski definition) is 5. The van der Waals surface area contributed by atoms with Crippen LogP contribution in [0.15, 0.2) is 53.8 Å². The molecule has 0 saturated carbocycles. The fourth-order valence-corrected chi connectivity index (χ4v) is 2.70. The van der Waals surface area contributed by atoms with Crippen LogP contribution in [0.4, 0.5) is 11.4 Å². The van der Waals surface area contributed by atoms with Crippen molar-refractivity contribution in [1.82, 2.24) is 19.9 Å². The van der Waals surface area contributed by atoms with E-state index in [0.29, 0.717) is 22.9 Å². The maximum atomic E-state index is 6.01. The molecule has 0 spiro atoms. The van der Waals surface area contributed by atoms with Crippen molar-refractivity contribution in [3.8, 4) is 22.6 Å². The maximum absolute atomic E-state index is 6.01. The number of nitrogens with one attached hydrogen (secondary N) is 1. The zero-order valence-corrected chi connectivity index (χ0v) is 13.7. The van der Waals surface area contributed by atoms with Crippen LogP contribution >= 0.6 is 0 Å². The minimum atomic E-state index is 0.604. The van der Waals surface area contributed by atoms with Gasteiger partial charge in [0, 0.05) is 6.20 Å². The molecule has 4 aromatic rings. The highest BCUT2D eigenvalue weighted by molar-refractivity contribution is 5.85. The monoisotopic (exact) mass is 328 g/mol. The third-order valence-corrected chi connectivity index (χ3v) is 4.04. The molecule has 6 heteroatoms. The van der Waals surface area contributed by atoms with Gasteiger partial charge in [-0.1, -0.05) is 12.1 Å². The van der Waals surface area contributed by atoms with Crippen molar-refractivity contribution >= 4 is 29.1 Å². The number of aliphatic imine (C=N–C) groups is 1. The molecule has 122 valence electrons. The van der Waals surface area contributed by atoms with Gasteiger partial charge in [0.15, 0.2) is 5.82 Å². The third-order valence-electron chi connectivity index (χ3n) is 4.04. The molecule has 0 bridgehead atoms. The van der Waals surface area contributed by atoms with E-state index >= 15 is 0 Å². The minimum absolute atomic E-state index is 0.604. The molecule has 2 aromatic carbocycles. The number of H-pyrrole nitrogens is 1. The zero-order chi connectivity index (χ0) is 17.4. The van der Waals surface area contributed by atoms with Gasteiger partial charge in [-0.2, -0.15) is 0 Å². The van der Waals surface area contributed by atoms with E-state index in [-0.39, 0.29) is 0 Å². The Balaban J connectivity index is 1.76. The first-order valence-corrected chi connectivity index (χ1v) is 7.79. The molecule has 25 heavy (non-hydrogen) atoms. The Morgan fingerprint density at radius 1 is 1.04 bits per heavy atom. The normalized spacial score (nSPS) is 10.9. The van der Waals surface area contributed by atoms with E-state index in [1.54, 1.807) is 12.4 Å². The first-order chi connectivity index (χ1) is 12.1. The molecule has 2 heterocycles. The maximum Gasteiger partial charge on any atom is 0.158 e. The van der Waals surface area contributed by atoms with Gasteiger partial charge in [0.25, 0.3) is 0 Å². The Morgan fingerprint density at radius 3 is 2.56 bits per heavy atom. The van der Waals surface area contributed by atoms with E-state index in [9.17, 15) is 0 Å². The van der Waals surface area contributed by atoms with Gasteiger partial charge in [0.05, 0.1) is 34.3 Å². The van der Waals surface area contributed by atoms with Gasteiger partial charge in [-0.3, -0.25) is 9.98 Å². The molecule has 0 atom stereocenters. The van der Waals surface area contributed by atoms with Gasteiger partial charge in [0.1, 0.15) is 5.69 Å². The van der Waals surface area contributed by atoms with Crippen LogP contribution in [0.5, 0.6) is 0 Å². The van der Waals surface area contributed by atoms with Crippen molar-refractivity contribution in [2.45, 2.75) is 6.92 Å². The Kier molecular flexibility index (Phi) is 3.50. The number of aromatic nitrogens is 4. The first-order valence-electron chi connectivity index (χ1n) is 7.79. The zero-order valence-electron chi connectivity index (χ0n) is 13.7. The molecule has 4 rings (SSSR count). The molecule has 0 aliphatic heterocycles. The second-order valence-corrected chi connectivity index (χ2v) is 5.79. The summed E-state index contributed by atoms with van der Waals surface area (Å²) in [6, 6.07) is 11.8. The van der Waals surface area contributed by atoms with Crippen molar-refractivity contribution in [2.75, 3.05) is 5.73 Å². The van der Waals surface area contributed by atoms with Crippen LogP contribution in [-0.4, -0.2) is 26.7 Å². The number of aryl methyl sites for hydroxylation is 1. The van der Waals surface area contributed by atoms with E-state index in [4.69, 9.17) is 5.73 Å². The number of benzene rings is 2. The quantitative estimate of drug-likeness (QED) is 0.440. The Morgan fingerprint density at radius 2 is 1.84 bits per heavy atom. The average Bonchev–Trinajstić information content (AvgIpc) is 3.05. The Bertz CT molecular complexity index is 1080. The van der Waals surface area contributed by atoms with Crippen LogP contribution in [0, 0.1) is 6.92 Å². The SMILES string of the molecule is C=Nc1ccc(-c2ccc3nc(-c4cnc(C)cn4)[nH]c3c2)cc1N. The van der Waals surface area contributed by atoms with Crippen LogP contribution in [0.3, 0.4) is 0 Å². The number of anilines is 1. The molecule has 3 N–H and O–H groups in total. The molecule has 0 radical (unpaired) electrons. The van der Waals surface area contributed by atoms with Gasteiger partial charge in [-0.25, -0.2) is 9.97 Å². The van der Waals surface area contributed by atoms with Crippen LogP contribution in [-0.2, 0) is 0 Å². The van der Waals surface area contributed by atoms with Crippen molar-refractivity contribution in [1.29, 1.82) is 0 Å². The van der Waals surface area contributed by atoms with Gasteiger partial charge in [0.2, 0.25) is 0 Å². The lowest BCUT2D eigenvalue weighted by Gasteiger charge is -2.05.